The highest BCUT2D eigenvalue weighted by Crippen LogP contribution is 2.47. The highest BCUT2D eigenvalue weighted by molar-refractivity contribution is 6.31. The zero-order valence-corrected chi connectivity index (χ0v) is 21.2. The number of halogens is 1. The molecule has 36 heavy (non-hydrogen) atoms. The van der Waals surface area contributed by atoms with Gasteiger partial charge in [-0.05, 0) is 107 Å². The first kappa shape index (κ1) is 24.7. The Labute approximate surface area is 217 Å². The summed E-state index contributed by atoms with van der Waals surface area (Å²) in [5.41, 5.74) is 3.54. The second-order valence-corrected chi connectivity index (χ2v) is 10.8. The Bertz CT molecular complexity index is 1160. The van der Waals surface area contributed by atoms with Crippen LogP contribution in [-0.2, 0) is 0 Å². The minimum atomic E-state index is -0.181. The van der Waals surface area contributed by atoms with E-state index in [0.717, 1.165) is 57.3 Å². The van der Waals surface area contributed by atoms with Gasteiger partial charge in [-0.3, -0.25) is 4.79 Å². The van der Waals surface area contributed by atoms with E-state index >= 15 is 0 Å². The summed E-state index contributed by atoms with van der Waals surface area (Å²) in [4.78, 5) is 12.7. The predicted octanol–water partition coefficient (Wildman–Crippen LogP) is 5.06. The number of allylic oxidation sites excluding steroid dienone is 1. The Kier molecular flexibility index (Phi) is 7.54. The Morgan fingerprint density at radius 1 is 1.14 bits per heavy atom. The first-order valence-corrected chi connectivity index (χ1v) is 13.3. The molecule has 2 N–H and O–H groups in total. The highest BCUT2D eigenvalue weighted by atomic mass is 35.5. The number of carbonyl (C=O) groups is 1. The smallest absolute Gasteiger partial charge is 0.272 e. The number of amides is 1. The van der Waals surface area contributed by atoms with E-state index in [9.17, 15) is 4.79 Å². The fraction of sp³-hybridized carbons (Fsp3) is 0.500. The summed E-state index contributed by atoms with van der Waals surface area (Å²) in [5, 5.41) is 24.5. The van der Waals surface area contributed by atoms with E-state index in [4.69, 9.17) is 21.6 Å². The lowest BCUT2D eigenvalue weighted by Crippen LogP contribution is -2.40. The van der Waals surface area contributed by atoms with Gasteiger partial charge < -0.3 is 15.4 Å². The number of nitriles is 1. The standard InChI is InChI=1S/C28H32ClN5O2/c29-25-16-24(5-1-20(25)18-30)36-23-6-2-21(3-7-23)32-27(35)26-8-4-22(33-34-26)15-19-9-10-28(17-19)11-13-31-14-12-28/h1,4-5,8,15-16,21,23,31H,2-3,6-7,9-14,17H2,(H,32,35)/b19-15-/t21-,23-. The van der Waals surface area contributed by atoms with Gasteiger partial charge in [0.2, 0.25) is 0 Å². The van der Waals surface area contributed by atoms with Crippen LogP contribution < -0.4 is 15.4 Å². The molecule has 1 saturated heterocycles. The first-order valence-electron chi connectivity index (χ1n) is 12.9. The molecule has 0 bridgehead atoms. The number of ether oxygens (including phenoxy) is 1. The minimum Gasteiger partial charge on any atom is -0.490 e. The maximum atomic E-state index is 12.7. The molecule has 2 saturated carbocycles. The second kappa shape index (κ2) is 11.0. The van der Waals surface area contributed by atoms with Gasteiger partial charge >= 0.3 is 0 Å². The van der Waals surface area contributed by atoms with E-state index in [1.807, 2.05) is 6.07 Å². The van der Waals surface area contributed by atoms with Crippen molar-refractivity contribution in [3.63, 3.8) is 0 Å². The van der Waals surface area contributed by atoms with Crippen molar-refractivity contribution in [1.29, 1.82) is 5.26 Å². The molecular formula is C28H32ClN5O2. The average molecular weight is 506 g/mol. The molecule has 1 spiro atoms. The van der Waals surface area contributed by atoms with E-state index in [-0.39, 0.29) is 18.1 Å². The normalized spacial score (nSPS) is 24.4. The van der Waals surface area contributed by atoms with E-state index in [2.05, 4.69) is 33.0 Å². The maximum Gasteiger partial charge on any atom is 0.272 e. The fourth-order valence-corrected chi connectivity index (χ4v) is 5.99. The zero-order valence-electron chi connectivity index (χ0n) is 20.4. The topological polar surface area (TPSA) is 99.9 Å². The zero-order chi connectivity index (χ0) is 25.0. The number of benzene rings is 1. The molecule has 5 rings (SSSR count). The molecule has 2 aliphatic carbocycles. The molecule has 1 aromatic heterocycles. The minimum absolute atomic E-state index is 0.0638. The van der Waals surface area contributed by atoms with E-state index < -0.39 is 0 Å². The van der Waals surface area contributed by atoms with E-state index in [0.29, 0.717) is 27.4 Å². The lowest BCUT2D eigenvalue weighted by atomic mass is 9.77. The van der Waals surface area contributed by atoms with Gasteiger partial charge in [-0.15, -0.1) is 5.10 Å². The van der Waals surface area contributed by atoms with E-state index in [1.54, 1.807) is 24.3 Å². The van der Waals surface area contributed by atoms with Gasteiger partial charge in [0.25, 0.3) is 5.91 Å². The van der Waals surface area contributed by atoms with Crippen molar-refractivity contribution in [2.45, 2.75) is 69.9 Å². The van der Waals surface area contributed by atoms with Crippen molar-refractivity contribution in [1.82, 2.24) is 20.8 Å². The Morgan fingerprint density at radius 3 is 2.64 bits per heavy atom. The number of hydrogen-bond acceptors (Lipinski definition) is 6. The molecule has 2 aromatic rings. The quantitative estimate of drug-likeness (QED) is 0.589. The summed E-state index contributed by atoms with van der Waals surface area (Å²) in [7, 11) is 0. The number of rotatable bonds is 5. The SMILES string of the molecule is N#Cc1ccc(O[C@H]2CC[C@H](NC(=O)c3ccc(/C=C4/CCC5(CCNCC5)C4)nn3)CC2)cc1Cl. The summed E-state index contributed by atoms with van der Waals surface area (Å²) in [6.45, 7) is 2.25. The summed E-state index contributed by atoms with van der Waals surface area (Å²) in [6, 6.07) is 10.9. The van der Waals surface area contributed by atoms with Crippen LogP contribution in [-0.4, -0.2) is 41.3 Å². The molecule has 188 valence electrons. The van der Waals surface area contributed by atoms with Crippen molar-refractivity contribution >= 4 is 23.6 Å². The summed E-state index contributed by atoms with van der Waals surface area (Å²) >= 11 is 6.10. The molecule has 1 aromatic carbocycles. The third kappa shape index (κ3) is 5.88. The molecule has 3 aliphatic rings. The van der Waals surface area contributed by atoms with Gasteiger partial charge in [0.05, 0.1) is 22.4 Å². The van der Waals surface area contributed by atoms with Crippen LogP contribution in [0.4, 0.5) is 0 Å². The molecular weight excluding hydrogens is 474 g/mol. The first-order chi connectivity index (χ1) is 17.5. The third-order valence-corrected chi connectivity index (χ3v) is 8.20. The Balaban J connectivity index is 1.09. The number of nitrogens with one attached hydrogen (secondary N) is 2. The van der Waals surface area contributed by atoms with Crippen molar-refractivity contribution in [2.75, 3.05) is 13.1 Å². The van der Waals surface area contributed by atoms with Gasteiger partial charge in [0.1, 0.15) is 11.8 Å². The molecule has 7 nitrogen and oxygen atoms in total. The van der Waals surface area contributed by atoms with Crippen LogP contribution in [0.2, 0.25) is 5.02 Å². The third-order valence-electron chi connectivity index (χ3n) is 7.89. The molecule has 1 amide bonds. The van der Waals surface area contributed by atoms with Gasteiger partial charge in [-0.2, -0.15) is 10.4 Å². The Morgan fingerprint density at radius 2 is 1.94 bits per heavy atom. The highest BCUT2D eigenvalue weighted by Gasteiger charge is 2.37. The number of aromatic nitrogens is 2. The number of nitrogens with zero attached hydrogens (tertiary/aromatic N) is 3. The van der Waals surface area contributed by atoms with Crippen molar-refractivity contribution in [2.24, 2.45) is 5.41 Å². The van der Waals surface area contributed by atoms with Crippen molar-refractivity contribution < 1.29 is 9.53 Å². The van der Waals surface area contributed by atoms with Crippen LogP contribution in [0.5, 0.6) is 5.75 Å². The molecule has 0 unspecified atom stereocenters. The molecule has 3 fully saturated rings. The van der Waals surface area contributed by atoms with Gasteiger partial charge in [-0.25, -0.2) is 0 Å². The summed E-state index contributed by atoms with van der Waals surface area (Å²) < 4.78 is 6.04. The lowest BCUT2D eigenvalue weighted by molar-refractivity contribution is 0.0888. The van der Waals surface area contributed by atoms with Crippen LogP contribution in [0, 0.1) is 16.7 Å². The van der Waals surface area contributed by atoms with Crippen molar-refractivity contribution in [3.05, 3.63) is 57.9 Å². The van der Waals surface area contributed by atoms with Crippen LogP contribution in [0.1, 0.15) is 79.5 Å². The number of piperidine rings is 1. The molecule has 0 atom stereocenters. The van der Waals surface area contributed by atoms with Crippen LogP contribution in [0.25, 0.3) is 6.08 Å². The van der Waals surface area contributed by atoms with E-state index in [1.165, 1.54) is 24.8 Å². The van der Waals surface area contributed by atoms with Gasteiger partial charge in [-0.1, -0.05) is 17.2 Å². The molecule has 0 radical (unpaired) electrons. The molecule has 8 heteroatoms. The number of hydrogen-bond donors (Lipinski definition) is 2. The molecule has 2 heterocycles. The van der Waals surface area contributed by atoms with Gasteiger partial charge in [0.15, 0.2) is 5.69 Å². The van der Waals surface area contributed by atoms with Gasteiger partial charge in [0, 0.05) is 12.1 Å². The average Bonchev–Trinajstić information content (AvgIpc) is 3.27. The Hall–Kier alpha value is -2.95. The number of carbonyl (C=O) groups excluding carboxylic acids is 1. The summed E-state index contributed by atoms with van der Waals surface area (Å²) in [6.07, 6.45) is 11.6. The predicted molar refractivity (Wildman–Crippen MR) is 139 cm³/mol. The fourth-order valence-electron chi connectivity index (χ4n) is 5.78. The van der Waals surface area contributed by atoms with Crippen molar-refractivity contribution in [3.8, 4) is 11.8 Å². The second-order valence-electron chi connectivity index (χ2n) is 10.4. The van der Waals surface area contributed by atoms with Crippen LogP contribution in [0.15, 0.2) is 35.9 Å². The lowest BCUT2D eigenvalue weighted by Gasteiger charge is -2.33. The summed E-state index contributed by atoms with van der Waals surface area (Å²) in [5.74, 6) is 0.486. The van der Waals surface area contributed by atoms with Crippen LogP contribution >= 0.6 is 11.6 Å². The van der Waals surface area contributed by atoms with Crippen LogP contribution in [0.3, 0.4) is 0 Å². The molecule has 1 aliphatic heterocycles. The largest absolute Gasteiger partial charge is 0.490 e. The monoisotopic (exact) mass is 505 g/mol. The maximum absolute atomic E-state index is 12.7.